The number of benzene rings is 2. The molecule has 0 heterocycles. The maximum absolute atomic E-state index is 13.0. The number of para-hydroxylation sites is 1. The summed E-state index contributed by atoms with van der Waals surface area (Å²) in [5.74, 6) is 0.776. The van der Waals surface area contributed by atoms with E-state index in [4.69, 9.17) is 9.47 Å². The number of amides is 1. The number of carbonyl (C=O) groups is 2. The normalized spacial score (nSPS) is 18.2. The Morgan fingerprint density at radius 1 is 0.971 bits per heavy atom. The van der Waals surface area contributed by atoms with Crippen LogP contribution in [0, 0.1) is 5.92 Å². The van der Waals surface area contributed by atoms with Crippen molar-refractivity contribution in [2.24, 2.45) is 5.92 Å². The molecule has 0 atom stereocenters. The van der Waals surface area contributed by atoms with Crippen LogP contribution >= 0.6 is 0 Å². The van der Waals surface area contributed by atoms with E-state index in [2.05, 4.69) is 33.1 Å². The summed E-state index contributed by atoms with van der Waals surface area (Å²) in [5, 5.41) is 2.91. The minimum atomic E-state index is -0.350. The molecule has 0 radical (unpaired) electrons. The van der Waals surface area contributed by atoms with Gasteiger partial charge in [0, 0.05) is 5.69 Å². The smallest absolute Gasteiger partial charge is 0.338 e. The minimum absolute atomic E-state index is 0.154. The van der Waals surface area contributed by atoms with E-state index >= 15 is 0 Å². The molecule has 6 heteroatoms. The van der Waals surface area contributed by atoms with Gasteiger partial charge in [-0.15, -0.1) is 0 Å². The fourth-order valence-electron chi connectivity index (χ4n) is 4.15. The Bertz CT molecular complexity index is 945. The Hall–Kier alpha value is -2.86. The quantitative estimate of drug-likeness (QED) is 0.368. The number of nitrogens with zero attached hydrogens (tertiary/aromatic N) is 1. The second-order valence-corrected chi connectivity index (χ2v) is 9.64. The van der Waals surface area contributed by atoms with Crippen LogP contribution in [0.3, 0.4) is 0 Å². The molecule has 34 heavy (non-hydrogen) atoms. The van der Waals surface area contributed by atoms with Crippen LogP contribution in [0.4, 0.5) is 5.69 Å². The van der Waals surface area contributed by atoms with Gasteiger partial charge in [0.2, 0.25) is 0 Å². The van der Waals surface area contributed by atoms with Crippen molar-refractivity contribution < 1.29 is 23.5 Å². The number of quaternary nitrogens is 1. The largest absolute Gasteiger partial charge is 0.490 e. The van der Waals surface area contributed by atoms with Crippen LogP contribution in [0.5, 0.6) is 5.75 Å². The zero-order valence-electron chi connectivity index (χ0n) is 21.0. The number of likely N-dealkylation sites (N-methyl/N-ethyl adjacent to an activating group) is 1. The van der Waals surface area contributed by atoms with Gasteiger partial charge in [-0.2, -0.15) is 0 Å². The minimum Gasteiger partial charge on any atom is -0.490 e. The lowest BCUT2D eigenvalue weighted by atomic mass is 9.89. The zero-order valence-corrected chi connectivity index (χ0v) is 21.0. The summed E-state index contributed by atoms with van der Waals surface area (Å²) in [6.07, 6.45) is 4.50. The van der Waals surface area contributed by atoms with Gasteiger partial charge < -0.3 is 19.3 Å². The molecule has 0 saturated heterocycles. The van der Waals surface area contributed by atoms with E-state index in [1.165, 1.54) is 0 Å². The SMILES string of the molecule is CC[N+](C)(CC)CCOC(=O)c1ccc(NC(=O)c2ccccc2OC2CCC(C)CC2)cc1. The standard InChI is InChI=1S/C28H38N2O4/c1-5-30(4,6-2)19-20-33-28(32)22-13-15-23(16-14-22)29-27(31)25-9-7-8-10-26(25)34-24-17-11-21(3)12-18-24/h7-10,13-16,21,24H,5-6,11-12,17-20H2,1-4H3/p+1. The number of ether oxygens (including phenoxy) is 2. The summed E-state index contributed by atoms with van der Waals surface area (Å²) in [6, 6.07) is 14.2. The number of nitrogens with one attached hydrogen (secondary N) is 1. The molecule has 2 aromatic carbocycles. The average Bonchev–Trinajstić information content (AvgIpc) is 2.86. The van der Waals surface area contributed by atoms with Gasteiger partial charge in [0.25, 0.3) is 5.91 Å². The summed E-state index contributed by atoms with van der Waals surface area (Å²) in [6.45, 7) is 9.71. The number of rotatable bonds is 10. The second kappa shape index (κ2) is 12.0. The highest BCUT2D eigenvalue weighted by molar-refractivity contribution is 6.06. The lowest BCUT2D eigenvalue weighted by molar-refractivity contribution is -0.906. The van der Waals surface area contributed by atoms with Crippen LogP contribution in [0.25, 0.3) is 0 Å². The van der Waals surface area contributed by atoms with E-state index < -0.39 is 0 Å². The topological polar surface area (TPSA) is 64.6 Å². The van der Waals surface area contributed by atoms with Crippen LogP contribution in [0.15, 0.2) is 48.5 Å². The first kappa shape index (κ1) is 25.8. The van der Waals surface area contributed by atoms with Crippen LogP contribution in [-0.2, 0) is 4.74 Å². The molecular formula is C28H39N2O4+. The zero-order chi connectivity index (χ0) is 24.6. The number of carbonyl (C=O) groups excluding carboxylic acids is 2. The highest BCUT2D eigenvalue weighted by Gasteiger charge is 2.22. The lowest BCUT2D eigenvalue weighted by Crippen LogP contribution is -2.46. The molecule has 1 aliphatic carbocycles. The van der Waals surface area contributed by atoms with Gasteiger partial charge in [0.05, 0.1) is 37.4 Å². The first-order chi connectivity index (χ1) is 16.3. The molecular weight excluding hydrogens is 428 g/mol. The van der Waals surface area contributed by atoms with Crippen LogP contribution in [0.2, 0.25) is 0 Å². The first-order valence-electron chi connectivity index (χ1n) is 12.5. The molecule has 184 valence electrons. The summed E-state index contributed by atoms with van der Waals surface area (Å²) in [7, 11) is 2.16. The third kappa shape index (κ3) is 7.07. The molecule has 2 aromatic rings. The highest BCUT2D eigenvalue weighted by atomic mass is 16.5. The van der Waals surface area contributed by atoms with Crippen LogP contribution in [0.1, 0.15) is 67.2 Å². The molecule has 6 nitrogen and oxygen atoms in total. The van der Waals surface area contributed by atoms with Gasteiger partial charge in [-0.05, 0) is 81.8 Å². The van der Waals surface area contributed by atoms with Crippen molar-refractivity contribution in [1.29, 1.82) is 0 Å². The fourth-order valence-corrected chi connectivity index (χ4v) is 4.15. The Morgan fingerprint density at radius 2 is 1.62 bits per heavy atom. The molecule has 1 amide bonds. The Balaban J connectivity index is 1.56. The van der Waals surface area contributed by atoms with E-state index in [1.807, 2.05) is 18.2 Å². The van der Waals surface area contributed by atoms with Crippen LogP contribution < -0.4 is 10.1 Å². The average molecular weight is 468 g/mol. The Morgan fingerprint density at radius 3 is 2.26 bits per heavy atom. The van der Waals surface area contributed by atoms with Crippen molar-refractivity contribution >= 4 is 17.6 Å². The summed E-state index contributed by atoms with van der Waals surface area (Å²) in [4.78, 5) is 25.3. The Labute approximate surface area is 203 Å². The van der Waals surface area contributed by atoms with Crippen molar-refractivity contribution in [3.63, 3.8) is 0 Å². The number of anilines is 1. The maximum Gasteiger partial charge on any atom is 0.338 e. The molecule has 0 spiro atoms. The number of hydrogen-bond donors (Lipinski definition) is 1. The second-order valence-electron chi connectivity index (χ2n) is 9.64. The summed E-state index contributed by atoms with van der Waals surface area (Å²) in [5.41, 5.74) is 1.59. The van der Waals surface area contributed by atoms with Crippen molar-refractivity contribution in [3.8, 4) is 5.75 Å². The molecule has 1 aliphatic rings. The molecule has 1 fully saturated rings. The van der Waals surface area contributed by atoms with Gasteiger partial charge in [-0.25, -0.2) is 4.79 Å². The van der Waals surface area contributed by atoms with Gasteiger partial charge in [-0.1, -0.05) is 19.1 Å². The molecule has 1 saturated carbocycles. The maximum atomic E-state index is 13.0. The summed E-state index contributed by atoms with van der Waals surface area (Å²) < 4.78 is 12.5. The lowest BCUT2D eigenvalue weighted by Gasteiger charge is -2.31. The molecule has 0 bridgehead atoms. The van der Waals surface area contributed by atoms with Gasteiger partial charge in [0.15, 0.2) is 0 Å². The van der Waals surface area contributed by atoms with E-state index in [0.29, 0.717) is 29.2 Å². The van der Waals surface area contributed by atoms with Crippen molar-refractivity contribution in [2.45, 2.75) is 52.6 Å². The van der Waals surface area contributed by atoms with Gasteiger partial charge >= 0.3 is 5.97 Å². The molecule has 3 rings (SSSR count). The molecule has 0 unspecified atom stereocenters. The molecule has 0 aliphatic heterocycles. The van der Waals surface area contributed by atoms with E-state index in [1.54, 1.807) is 30.3 Å². The van der Waals surface area contributed by atoms with Gasteiger partial charge in [0.1, 0.15) is 18.9 Å². The predicted molar refractivity (Wildman–Crippen MR) is 135 cm³/mol. The summed E-state index contributed by atoms with van der Waals surface area (Å²) >= 11 is 0. The fraction of sp³-hybridized carbons (Fsp3) is 0.500. The van der Waals surface area contributed by atoms with Crippen molar-refractivity contribution in [2.75, 3.05) is 38.6 Å². The third-order valence-electron chi connectivity index (χ3n) is 7.16. The third-order valence-corrected chi connectivity index (χ3v) is 7.16. The Kier molecular flexibility index (Phi) is 9.11. The van der Waals surface area contributed by atoms with Crippen molar-refractivity contribution in [3.05, 3.63) is 59.7 Å². The van der Waals surface area contributed by atoms with Crippen molar-refractivity contribution in [1.82, 2.24) is 0 Å². The molecule has 0 aromatic heterocycles. The van der Waals surface area contributed by atoms with E-state index in [-0.39, 0.29) is 18.0 Å². The number of esters is 1. The molecule has 1 N–H and O–H groups in total. The monoisotopic (exact) mass is 467 g/mol. The van der Waals surface area contributed by atoms with Gasteiger partial charge in [-0.3, -0.25) is 4.79 Å². The highest BCUT2D eigenvalue weighted by Crippen LogP contribution is 2.29. The van der Waals surface area contributed by atoms with Crippen LogP contribution in [-0.4, -0.2) is 55.8 Å². The van der Waals surface area contributed by atoms with E-state index in [9.17, 15) is 9.59 Å². The van der Waals surface area contributed by atoms with E-state index in [0.717, 1.165) is 55.7 Å². The predicted octanol–water partition coefficient (Wildman–Crippen LogP) is 5.54. The first-order valence-corrected chi connectivity index (χ1v) is 12.5. The number of hydrogen-bond acceptors (Lipinski definition) is 4.